The van der Waals surface area contributed by atoms with Gasteiger partial charge in [0.2, 0.25) is 0 Å². The number of hydrogen-bond acceptors (Lipinski definition) is 3. The minimum atomic E-state index is 0.680. The highest BCUT2D eigenvalue weighted by atomic mass is 15.2. The highest BCUT2D eigenvalue weighted by Crippen LogP contribution is 2.27. The Labute approximate surface area is 103 Å². The molecular formula is C13H22N4. The maximum Gasteiger partial charge on any atom is 0.122 e. The lowest BCUT2D eigenvalue weighted by molar-refractivity contribution is 0.297. The molecule has 0 radical (unpaired) electrons. The fraction of sp³-hybridized carbons (Fsp3) is 0.769. The fourth-order valence-electron chi connectivity index (χ4n) is 3.34. The SMILES string of the molecule is CCn1ccnc1CNC1CCN2CCCC12. The van der Waals surface area contributed by atoms with Gasteiger partial charge in [-0.05, 0) is 32.7 Å². The van der Waals surface area contributed by atoms with Gasteiger partial charge in [0, 0.05) is 37.6 Å². The summed E-state index contributed by atoms with van der Waals surface area (Å²) >= 11 is 0. The van der Waals surface area contributed by atoms with Gasteiger partial charge in [0.1, 0.15) is 5.82 Å². The zero-order valence-electron chi connectivity index (χ0n) is 10.6. The molecule has 0 aromatic carbocycles. The lowest BCUT2D eigenvalue weighted by atomic mass is 10.1. The second-order valence-electron chi connectivity index (χ2n) is 5.15. The number of hydrogen-bond donors (Lipinski definition) is 1. The van der Waals surface area contributed by atoms with E-state index in [0.29, 0.717) is 6.04 Å². The highest BCUT2D eigenvalue weighted by molar-refractivity contribution is 4.98. The van der Waals surface area contributed by atoms with Crippen LogP contribution in [0.2, 0.25) is 0 Å². The van der Waals surface area contributed by atoms with Gasteiger partial charge in [-0.25, -0.2) is 4.98 Å². The summed E-state index contributed by atoms with van der Waals surface area (Å²) < 4.78 is 2.22. The van der Waals surface area contributed by atoms with Gasteiger partial charge < -0.3 is 9.88 Å². The Morgan fingerprint density at radius 1 is 1.41 bits per heavy atom. The van der Waals surface area contributed by atoms with Crippen molar-refractivity contribution in [1.29, 1.82) is 0 Å². The van der Waals surface area contributed by atoms with Crippen molar-refractivity contribution in [1.82, 2.24) is 19.8 Å². The Bertz CT molecular complexity index is 373. The van der Waals surface area contributed by atoms with E-state index in [1.165, 1.54) is 38.2 Å². The molecule has 3 heterocycles. The Morgan fingerprint density at radius 2 is 2.35 bits per heavy atom. The van der Waals surface area contributed by atoms with Crippen LogP contribution in [-0.2, 0) is 13.1 Å². The van der Waals surface area contributed by atoms with Crippen LogP contribution >= 0.6 is 0 Å². The number of aromatic nitrogens is 2. The molecule has 2 saturated heterocycles. The van der Waals surface area contributed by atoms with Gasteiger partial charge in [0.05, 0.1) is 6.54 Å². The molecule has 2 atom stereocenters. The van der Waals surface area contributed by atoms with Crippen LogP contribution < -0.4 is 5.32 Å². The molecule has 0 spiro atoms. The molecule has 0 bridgehead atoms. The zero-order chi connectivity index (χ0) is 11.7. The van der Waals surface area contributed by atoms with Crippen molar-refractivity contribution in [2.45, 2.75) is 51.4 Å². The first kappa shape index (κ1) is 11.2. The van der Waals surface area contributed by atoms with Gasteiger partial charge >= 0.3 is 0 Å². The molecule has 17 heavy (non-hydrogen) atoms. The molecule has 94 valence electrons. The van der Waals surface area contributed by atoms with Crippen molar-refractivity contribution in [2.24, 2.45) is 0 Å². The minimum absolute atomic E-state index is 0.680. The third-order valence-corrected chi connectivity index (χ3v) is 4.27. The van der Waals surface area contributed by atoms with E-state index >= 15 is 0 Å². The van der Waals surface area contributed by atoms with E-state index in [1.54, 1.807) is 0 Å². The first-order chi connectivity index (χ1) is 8.38. The first-order valence-corrected chi connectivity index (χ1v) is 6.86. The molecule has 4 nitrogen and oxygen atoms in total. The van der Waals surface area contributed by atoms with Crippen LogP contribution in [0.5, 0.6) is 0 Å². The molecule has 2 unspecified atom stereocenters. The zero-order valence-corrected chi connectivity index (χ0v) is 10.6. The quantitative estimate of drug-likeness (QED) is 0.850. The highest BCUT2D eigenvalue weighted by Gasteiger charge is 2.36. The van der Waals surface area contributed by atoms with Crippen LogP contribution in [0.4, 0.5) is 0 Å². The molecule has 3 rings (SSSR count). The van der Waals surface area contributed by atoms with Crippen LogP contribution in [0.15, 0.2) is 12.4 Å². The average Bonchev–Trinajstić information content (AvgIpc) is 3.03. The summed E-state index contributed by atoms with van der Waals surface area (Å²) in [5.41, 5.74) is 0. The van der Waals surface area contributed by atoms with Gasteiger partial charge in [-0.1, -0.05) is 0 Å². The Kier molecular flexibility index (Phi) is 3.16. The summed E-state index contributed by atoms with van der Waals surface area (Å²) in [6.45, 7) is 6.68. The molecule has 1 aromatic rings. The van der Waals surface area contributed by atoms with Crippen LogP contribution in [0.3, 0.4) is 0 Å². The van der Waals surface area contributed by atoms with Crippen LogP contribution in [0.25, 0.3) is 0 Å². The lowest BCUT2D eigenvalue weighted by Gasteiger charge is -2.21. The fourth-order valence-corrected chi connectivity index (χ4v) is 3.34. The smallest absolute Gasteiger partial charge is 0.122 e. The maximum absolute atomic E-state index is 4.42. The topological polar surface area (TPSA) is 33.1 Å². The van der Waals surface area contributed by atoms with E-state index in [-0.39, 0.29) is 0 Å². The second-order valence-corrected chi connectivity index (χ2v) is 5.15. The summed E-state index contributed by atoms with van der Waals surface area (Å²) in [5.74, 6) is 1.17. The van der Waals surface area contributed by atoms with Gasteiger partial charge in [0.25, 0.3) is 0 Å². The molecule has 0 amide bonds. The molecule has 2 aliphatic heterocycles. The van der Waals surface area contributed by atoms with Crippen molar-refractivity contribution in [3.63, 3.8) is 0 Å². The predicted octanol–water partition coefficient (Wildman–Crippen LogP) is 1.23. The number of aryl methyl sites for hydroxylation is 1. The Balaban J connectivity index is 1.57. The monoisotopic (exact) mass is 234 g/mol. The minimum Gasteiger partial charge on any atom is -0.334 e. The molecule has 1 aromatic heterocycles. The van der Waals surface area contributed by atoms with Gasteiger partial charge in [-0.15, -0.1) is 0 Å². The maximum atomic E-state index is 4.42. The molecule has 0 aliphatic carbocycles. The van der Waals surface area contributed by atoms with Crippen LogP contribution in [-0.4, -0.2) is 39.6 Å². The van der Waals surface area contributed by atoms with Crippen molar-refractivity contribution in [2.75, 3.05) is 13.1 Å². The molecule has 4 heteroatoms. The predicted molar refractivity (Wildman–Crippen MR) is 67.7 cm³/mol. The van der Waals surface area contributed by atoms with E-state index in [0.717, 1.165) is 19.1 Å². The molecule has 1 N–H and O–H groups in total. The molecule has 2 aliphatic rings. The average molecular weight is 234 g/mol. The van der Waals surface area contributed by atoms with Gasteiger partial charge in [0.15, 0.2) is 0 Å². The second kappa shape index (κ2) is 4.78. The number of imidazole rings is 1. The van der Waals surface area contributed by atoms with E-state index in [9.17, 15) is 0 Å². The summed E-state index contributed by atoms with van der Waals surface area (Å²) in [5, 5.41) is 3.71. The van der Waals surface area contributed by atoms with Gasteiger partial charge in [-0.3, -0.25) is 4.90 Å². The third-order valence-electron chi connectivity index (χ3n) is 4.27. The van der Waals surface area contributed by atoms with E-state index in [1.807, 2.05) is 6.20 Å². The van der Waals surface area contributed by atoms with Gasteiger partial charge in [-0.2, -0.15) is 0 Å². The Hall–Kier alpha value is -0.870. The number of fused-ring (bicyclic) bond motifs is 1. The van der Waals surface area contributed by atoms with Crippen molar-refractivity contribution in [3.8, 4) is 0 Å². The first-order valence-electron chi connectivity index (χ1n) is 6.86. The van der Waals surface area contributed by atoms with Crippen molar-refractivity contribution >= 4 is 0 Å². The standard InChI is InChI=1S/C13H22N4/c1-2-16-9-6-14-13(16)10-15-11-5-8-17-7-3-4-12(11)17/h6,9,11-12,15H,2-5,7-8,10H2,1H3. The largest absolute Gasteiger partial charge is 0.334 e. The normalized spacial score (nSPS) is 28.8. The third kappa shape index (κ3) is 2.11. The summed E-state index contributed by atoms with van der Waals surface area (Å²) in [6.07, 6.45) is 8.02. The summed E-state index contributed by atoms with van der Waals surface area (Å²) in [6, 6.07) is 1.47. The van der Waals surface area contributed by atoms with Crippen LogP contribution in [0, 0.1) is 0 Å². The number of nitrogens with one attached hydrogen (secondary N) is 1. The molecular weight excluding hydrogens is 212 g/mol. The number of rotatable bonds is 4. The van der Waals surface area contributed by atoms with Crippen molar-refractivity contribution in [3.05, 3.63) is 18.2 Å². The van der Waals surface area contributed by atoms with E-state index < -0.39 is 0 Å². The van der Waals surface area contributed by atoms with Crippen LogP contribution in [0.1, 0.15) is 32.0 Å². The van der Waals surface area contributed by atoms with Crippen molar-refractivity contribution < 1.29 is 0 Å². The Morgan fingerprint density at radius 3 is 3.24 bits per heavy atom. The summed E-state index contributed by atoms with van der Waals surface area (Å²) in [7, 11) is 0. The molecule has 2 fully saturated rings. The number of nitrogens with zero attached hydrogens (tertiary/aromatic N) is 3. The lowest BCUT2D eigenvalue weighted by Crippen LogP contribution is -2.39. The summed E-state index contributed by atoms with van der Waals surface area (Å²) in [4.78, 5) is 7.06. The van der Waals surface area contributed by atoms with E-state index in [2.05, 4.69) is 32.9 Å². The van der Waals surface area contributed by atoms with E-state index in [4.69, 9.17) is 0 Å². The molecule has 0 saturated carbocycles.